The van der Waals surface area contributed by atoms with E-state index in [-0.39, 0.29) is 29.9 Å². The van der Waals surface area contributed by atoms with Gasteiger partial charge in [-0.05, 0) is 37.3 Å². The van der Waals surface area contributed by atoms with Crippen molar-refractivity contribution in [1.29, 1.82) is 0 Å². The van der Waals surface area contributed by atoms with Crippen LogP contribution in [0.1, 0.15) is 21.7 Å². The highest BCUT2D eigenvalue weighted by molar-refractivity contribution is 6.33. The second kappa shape index (κ2) is 7.88. The largest absolute Gasteiger partial charge is 0.454 e. The summed E-state index contributed by atoms with van der Waals surface area (Å²) < 4.78 is 5.21. The first kappa shape index (κ1) is 18.4. The average Bonchev–Trinajstić information content (AvgIpc) is 2.63. The first-order chi connectivity index (χ1) is 12.9. The van der Waals surface area contributed by atoms with Gasteiger partial charge in [0.25, 0.3) is 0 Å². The molecule has 0 aliphatic carbocycles. The molecule has 138 valence electrons. The molecule has 0 radical (unpaired) electrons. The van der Waals surface area contributed by atoms with Gasteiger partial charge < -0.3 is 21.5 Å². The van der Waals surface area contributed by atoms with Crippen LogP contribution in [0.3, 0.4) is 0 Å². The molecule has 0 saturated carbocycles. The number of rotatable bonds is 5. The molecule has 0 amide bonds. The summed E-state index contributed by atoms with van der Waals surface area (Å²) >= 11 is 5.84. The summed E-state index contributed by atoms with van der Waals surface area (Å²) in [6.45, 7) is 1.82. The van der Waals surface area contributed by atoms with E-state index in [0.717, 1.165) is 11.3 Å². The van der Waals surface area contributed by atoms with Gasteiger partial charge in [0.1, 0.15) is 0 Å². The maximum Gasteiger partial charge on any atom is 0.338 e. The van der Waals surface area contributed by atoms with Crippen molar-refractivity contribution in [3.63, 3.8) is 0 Å². The van der Waals surface area contributed by atoms with Gasteiger partial charge in [-0.15, -0.1) is 0 Å². The summed E-state index contributed by atoms with van der Waals surface area (Å²) in [7, 11) is 0. The zero-order valence-electron chi connectivity index (χ0n) is 14.4. The summed E-state index contributed by atoms with van der Waals surface area (Å²) in [6.07, 6.45) is 0. The summed E-state index contributed by atoms with van der Waals surface area (Å²) in [5.41, 5.74) is 13.9. The van der Waals surface area contributed by atoms with Crippen molar-refractivity contribution in [1.82, 2.24) is 15.0 Å². The minimum atomic E-state index is -0.578. The lowest BCUT2D eigenvalue weighted by atomic mass is 10.2. The number of halogens is 1. The molecule has 0 spiro atoms. The Morgan fingerprint density at radius 2 is 1.85 bits per heavy atom. The Morgan fingerprint density at radius 3 is 2.56 bits per heavy atom. The van der Waals surface area contributed by atoms with Gasteiger partial charge in [-0.2, -0.15) is 15.0 Å². The number of benzene rings is 2. The minimum Gasteiger partial charge on any atom is -0.454 e. The first-order valence-electron chi connectivity index (χ1n) is 7.97. The number of esters is 1. The third-order valence-electron chi connectivity index (χ3n) is 3.57. The number of aryl methyl sites for hydroxylation is 1. The number of nitrogens with one attached hydrogen (secondary N) is 1. The molecule has 5 N–H and O–H groups in total. The third kappa shape index (κ3) is 4.83. The van der Waals surface area contributed by atoms with Gasteiger partial charge in [0, 0.05) is 5.69 Å². The van der Waals surface area contributed by atoms with Crippen LogP contribution in [0.25, 0.3) is 0 Å². The highest BCUT2D eigenvalue weighted by Gasteiger charge is 2.12. The van der Waals surface area contributed by atoms with Crippen molar-refractivity contribution in [3.05, 3.63) is 64.4 Å². The summed E-state index contributed by atoms with van der Waals surface area (Å²) in [4.78, 5) is 24.4. The SMILES string of the molecule is Cc1ccc(Nc2nc(N)nc(COC(=O)c3ccc(Cl)c(N)c3)n2)cc1. The van der Waals surface area contributed by atoms with Gasteiger partial charge in [-0.3, -0.25) is 0 Å². The number of nitrogen functional groups attached to an aromatic ring is 2. The maximum atomic E-state index is 12.1. The molecule has 0 atom stereocenters. The molecule has 1 aromatic heterocycles. The molecule has 0 aliphatic heterocycles. The van der Waals surface area contributed by atoms with Crippen LogP contribution >= 0.6 is 11.6 Å². The Balaban J connectivity index is 1.69. The van der Waals surface area contributed by atoms with E-state index < -0.39 is 5.97 Å². The number of nitrogens with zero attached hydrogens (tertiary/aromatic N) is 3. The van der Waals surface area contributed by atoms with Crippen molar-refractivity contribution < 1.29 is 9.53 Å². The minimum absolute atomic E-state index is 0.0152. The van der Waals surface area contributed by atoms with Gasteiger partial charge in [0.2, 0.25) is 11.9 Å². The van der Waals surface area contributed by atoms with Crippen molar-refractivity contribution in [2.24, 2.45) is 0 Å². The highest BCUT2D eigenvalue weighted by atomic mass is 35.5. The number of anilines is 4. The molecule has 9 heteroatoms. The van der Waals surface area contributed by atoms with E-state index in [1.54, 1.807) is 0 Å². The number of carbonyl (C=O) groups is 1. The van der Waals surface area contributed by atoms with E-state index >= 15 is 0 Å². The van der Waals surface area contributed by atoms with Gasteiger partial charge in [0.05, 0.1) is 16.3 Å². The molecule has 27 heavy (non-hydrogen) atoms. The number of ether oxygens (including phenoxy) is 1. The molecule has 0 aliphatic rings. The zero-order valence-corrected chi connectivity index (χ0v) is 15.2. The van der Waals surface area contributed by atoms with Crippen LogP contribution in [-0.4, -0.2) is 20.9 Å². The molecule has 0 saturated heterocycles. The summed E-state index contributed by atoms with van der Waals surface area (Å²) in [6, 6.07) is 12.2. The number of aromatic nitrogens is 3. The average molecular weight is 385 g/mol. The Kier molecular flexibility index (Phi) is 5.37. The second-order valence-electron chi connectivity index (χ2n) is 5.74. The van der Waals surface area contributed by atoms with E-state index in [1.807, 2.05) is 31.2 Å². The van der Waals surface area contributed by atoms with Gasteiger partial charge >= 0.3 is 5.97 Å². The smallest absolute Gasteiger partial charge is 0.338 e. The predicted octanol–water partition coefficient (Wildman–Crippen LogP) is 3.10. The second-order valence-corrected chi connectivity index (χ2v) is 6.14. The van der Waals surface area contributed by atoms with E-state index in [9.17, 15) is 4.79 Å². The number of hydrogen-bond acceptors (Lipinski definition) is 8. The Bertz CT molecular complexity index is 978. The standard InChI is InChI=1S/C18H17ClN6O2/c1-10-2-5-12(6-3-10)22-18-24-15(23-17(21)25-18)9-27-16(26)11-4-7-13(19)14(20)8-11/h2-8H,9,20H2,1H3,(H3,21,22,23,24,25). The lowest BCUT2D eigenvalue weighted by molar-refractivity contribution is 0.0462. The number of hydrogen-bond donors (Lipinski definition) is 3. The van der Waals surface area contributed by atoms with Gasteiger partial charge in [-0.1, -0.05) is 29.3 Å². The fraction of sp³-hybridized carbons (Fsp3) is 0.111. The van der Waals surface area contributed by atoms with Crippen LogP contribution in [0.4, 0.5) is 23.3 Å². The maximum absolute atomic E-state index is 12.1. The molecule has 3 aromatic rings. The summed E-state index contributed by atoms with van der Waals surface area (Å²) in [5, 5.41) is 3.40. The van der Waals surface area contributed by atoms with Crippen molar-refractivity contribution in [2.75, 3.05) is 16.8 Å². The van der Waals surface area contributed by atoms with E-state index in [4.69, 9.17) is 27.8 Å². The lowest BCUT2D eigenvalue weighted by Gasteiger charge is -2.09. The van der Waals surface area contributed by atoms with E-state index in [2.05, 4.69) is 20.3 Å². The fourth-order valence-corrected chi connectivity index (χ4v) is 2.33. The fourth-order valence-electron chi connectivity index (χ4n) is 2.21. The van der Waals surface area contributed by atoms with Crippen LogP contribution in [-0.2, 0) is 11.3 Å². The van der Waals surface area contributed by atoms with E-state index in [1.165, 1.54) is 18.2 Å². The quantitative estimate of drug-likeness (QED) is 0.452. The van der Waals surface area contributed by atoms with Crippen LogP contribution < -0.4 is 16.8 Å². The summed E-state index contributed by atoms with van der Waals surface area (Å²) in [5.74, 6) is -0.0904. The monoisotopic (exact) mass is 384 g/mol. The third-order valence-corrected chi connectivity index (χ3v) is 3.91. The first-order valence-corrected chi connectivity index (χ1v) is 8.35. The molecule has 0 bridgehead atoms. The molecule has 0 fully saturated rings. The zero-order chi connectivity index (χ0) is 19.4. The predicted molar refractivity (Wildman–Crippen MR) is 104 cm³/mol. The van der Waals surface area contributed by atoms with Crippen LogP contribution in [0.5, 0.6) is 0 Å². The van der Waals surface area contributed by atoms with Crippen LogP contribution in [0.15, 0.2) is 42.5 Å². The normalized spacial score (nSPS) is 10.4. The highest BCUT2D eigenvalue weighted by Crippen LogP contribution is 2.20. The molecular weight excluding hydrogens is 368 g/mol. The Hall–Kier alpha value is -3.39. The molecule has 8 nitrogen and oxygen atoms in total. The Labute approximate surface area is 160 Å². The van der Waals surface area contributed by atoms with Crippen molar-refractivity contribution >= 4 is 40.8 Å². The molecule has 1 heterocycles. The molecule has 0 unspecified atom stereocenters. The topological polar surface area (TPSA) is 129 Å². The van der Waals surface area contributed by atoms with E-state index in [0.29, 0.717) is 10.7 Å². The number of nitrogens with two attached hydrogens (primary N) is 2. The molecule has 3 rings (SSSR count). The number of carbonyl (C=O) groups excluding carboxylic acids is 1. The van der Waals surface area contributed by atoms with Crippen LogP contribution in [0, 0.1) is 6.92 Å². The Morgan fingerprint density at radius 1 is 1.11 bits per heavy atom. The lowest BCUT2D eigenvalue weighted by Crippen LogP contribution is -2.11. The molecular formula is C18H17ClN6O2. The van der Waals surface area contributed by atoms with Crippen molar-refractivity contribution in [2.45, 2.75) is 13.5 Å². The van der Waals surface area contributed by atoms with Crippen molar-refractivity contribution in [3.8, 4) is 0 Å². The molecule has 2 aromatic carbocycles. The van der Waals surface area contributed by atoms with Gasteiger partial charge in [0.15, 0.2) is 12.4 Å². The van der Waals surface area contributed by atoms with Gasteiger partial charge in [-0.25, -0.2) is 4.79 Å². The van der Waals surface area contributed by atoms with Crippen LogP contribution in [0.2, 0.25) is 5.02 Å².